The summed E-state index contributed by atoms with van der Waals surface area (Å²) in [6, 6.07) is 2.70. The Bertz CT molecular complexity index is 505. The van der Waals surface area contributed by atoms with Gasteiger partial charge in [-0.3, -0.25) is 0 Å². The highest BCUT2D eigenvalue weighted by Gasteiger charge is 2.27. The van der Waals surface area contributed by atoms with E-state index in [2.05, 4.69) is 21.2 Å². The predicted octanol–water partition coefficient (Wildman–Crippen LogP) is 2.83. The van der Waals surface area contributed by atoms with Crippen LogP contribution >= 0.6 is 15.9 Å². The molecule has 0 aliphatic heterocycles. The summed E-state index contributed by atoms with van der Waals surface area (Å²) in [5.41, 5.74) is -0.0491. The van der Waals surface area contributed by atoms with Gasteiger partial charge in [-0.2, -0.15) is 13.2 Å². The van der Waals surface area contributed by atoms with Crippen LogP contribution in [0.25, 0.3) is 0 Å². The molecule has 0 atom stereocenters. The molecule has 19 heavy (non-hydrogen) atoms. The fraction of sp³-hybridized carbons (Fsp3) is 0.200. The summed E-state index contributed by atoms with van der Waals surface area (Å²) in [6.45, 7) is -1.47. The number of carbonyl (C=O) groups is 2. The van der Waals surface area contributed by atoms with Crippen LogP contribution in [0.5, 0.6) is 0 Å². The lowest BCUT2D eigenvalue weighted by Crippen LogP contribution is -2.36. The second-order valence-electron chi connectivity index (χ2n) is 3.46. The van der Waals surface area contributed by atoms with Crippen molar-refractivity contribution in [3.8, 4) is 0 Å². The number of benzene rings is 1. The van der Waals surface area contributed by atoms with Crippen molar-refractivity contribution < 1.29 is 27.9 Å². The SMILES string of the molecule is O=C(NCC(F)(F)F)Nc1cc(Br)cc(C(=O)O)c1. The normalized spacial score (nSPS) is 10.9. The molecule has 0 aliphatic rings. The molecular formula is C10H8BrF3N2O3. The van der Waals surface area contributed by atoms with E-state index in [4.69, 9.17) is 5.11 Å². The van der Waals surface area contributed by atoms with Crippen LogP contribution in [0.2, 0.25) is 0 Å². The maximum absolute atomic E-state index is 11.9. The first kappa shape index (κ1) is 15.3. The largest absolute Gasteiger partial charge is 0.478 e. The minimum absolute atomic E-state index is 0.0615. The summed E-state index contributed by atoms with van der Waals surface area (Å²) >= 11 is 3.03. The summed E-state index contributed by atoms with van der Waals surface area (Å²) in [7, 11) is 0. The van der Waals surface area contributed by atoms with E-state index in [0.717, 1.165) is 6.07 Å². The molecule has 0 heterocycles. The van der Waals surface area contributed by atoms with Crippen molar-refractivity contribution in [2.24, 2.45) is 0 Å². The second kappa shape index (κ2) is 5.91. The highest BCUT2D eigenvalue weighted by molar-refractivity contribution is 9.10. The van der Waals surface area contributed by atoms with Gasteiger partial charge in [-0.25, -0.2) is 9.59 Å². The van der Waals surface area contributed by atoms with Gasteiger partial charge in [0.15, 0.2) is 0 Å². The molecule has 104 valence electrons. The van der Waals surface area contributed by atoms with Crippen LogP contribution in [0.1, 0.15) is 10.4 Å². The molecule has 1 aromatic carbocycles. The highest BCUT2D eigenvalue weighted by atomic mass is 79.9. The molecule has 1 aromatic rings. The van der Waals surface area contributed by atoms with Crippen molar-refractivity contribution in [1.82, 2.24) is 5.32 Å². The van der Waals surface area contributed by atoms with E-state index in [0.29, 0.717) is 4.47 Å². The molecule has 0 radical (unpaired) electrons. The van der Waals surface area contributed by atoms with E-state index in [1.165, 1.54) is 12.1 Å². The van der Waals surface area contributed by atoms with Crippen molar-refractivity contribution in [2.75, 3.05) is 11.9 Å². The number of hydrogen-bond acceptors (Lipinski definition) is 2. The molecule has 1 rings (SSSR count). The zero-order chi connectivity index (χ0) is 14.6. The summed E-state index contributed by atoms with van der Waals surface area (Å²) in [5.74, 6) is -1.22. The van der Waals surface area contributed by atoms with Gasteiger partial charge in [-0.05, 0) is 18.2 Å². The Morgan fingerprint density at radius 3 is 2.42 bits per heavy atom. The summed E-state index contributed by atoms with van der Waals surface area (Å²) in [5, 5.41) is 12.5. The molecular weight excluding hydrogens is 333 g/mol. The molecule has 0 aromatic heterocycles. The second-order valence-corrected chi connectivity index (χ2v) is 4.37. The Balaban J connectivity index is 2.71. The number of alkyl halides is 3. The number of halogens is 4. The third kappa shape index (κ3) is 5.60. The fourth-order valence-corrected chi connectivity index (χ4v) is 1.63. The van der Waals surface area contributed by atoms with Crippen molar-refractivity contribution in [2.45, 2.75) is 6.18 Å². The summed E-state index contributed by atoms with van der Waals surface area (Å²) in [4.78, 5) is 21.9. The molecule has 3 N–H and O–H groups in total. The number of aromatic carboxylic acids is 1. The van der Waals surface area contributed by atoms with Gasteiger partial charge >= 0.3 is 18.2 Å². The predicted molar refractivity (Wildman–Crippen MR) is 64.2 cm³/mol. The maximum atomic E-state index is 11.9. The molecule has 2 amide bonds. The quantitative estimate of drug-likeness (QED) is 0.791. The van der Waals surface area contributed by atoms with E-state index in [1.807, 2.05) is 0 Å². The fourth-order valence-electron chi connectivity index (χ4n) is 1.14. The van der Waals surface area contributed by atoms with Gasteiger partial charge in [0.05, 0.1) is 5.56 Å². The Morgan fingerprint density at radius 1 is 1.26 bits per heavy atom. The Labute approximate surface area is 113 Å². The number of carboxylic acids is 1. The molecule has 0 saturated heterocycles. The van der Waals surface area contributed by atoms with Crippen molar-refractivity contribution in [1.29, 1.82) is 0 Å². The molecule has 0 saturated carbocycles. The smallest absolute Gasteiger partial charge is 0.405 e. The topological polar surface area (TPSA) is 78.4 Å². The Morgan fingerprint density at radius 2 is 1.89 bits per heavy atom. The van der Waals surface area contributed by atoms with E-state index in [9.17, 15) is 22.8 Å². The third-order valence-corrected chi connectivity index (χ3v) is 2.31. The molecule has 5 nitrogen and oxygen atoms in total. The minimum atomic E-state index is -4.51. The number of amides is 2. The average molecular weight is 341 g/mol. The van der Waals surface area contributed by atoms with Gasteiger partial charge in [0.1, 0.15) is 6.54 Å². The highest BCUT2D eigenvalue weighted by Crippen LogP contribution is 2.20. The van der Waals surface area contributed by atoms with Crippen LogP contribution < -0.4 is 10.6 Å². The number of nitrogens with one attached hydrogen (secondary N) is 2. The number of rotatable bonds is 3. The van der Waals surface area contributed by atoms with Crippen LogP contribution in [0.3, 0.4) is 0 Å². The van der Waals surface area contributed by atoms with Gasteiger partial charge in [0, 0.05) is 10.2 Å². The summed E-state index contributed by atoms with van der Waals surface area (Å²) < 4.78 is 36.0. The summed E-state index contributed by atoms with van der Waals surface area (Å²) in [6.07, 6.45) is -4.51. The Hall–Kier alpha value is -1.77. The third-order valence-electron chi connectivity index (χ3n) is 1.85. The van der Waals surface area contributed by atoms with Crippen molar-refractivity contribution in [3.63, 3.8) is 0 Å². The van der Waals surface area contributed by atoms with Crippen molar-refractivity contribution >= 4 is 33.6 Å². The average Bonchev–Trinajstić information content (AvgIpc) is 2.24. The number of carboxylic acid groups (broad SMARTS) is 1. The van der Waals surface area contributed by atoms with Gasteiger partial charge in [0.2, 0.25) is 0 Å². The number of anilines is 1. The number of hydrogen-bond donors (Lipinski definition) is 3. The van der Waals surface area contributed by atoms with Gasteiger partial charge in [-0.1, -0.05) is 15.9 Å². The molecule has 0 bridgehead atoms. The Kier molecular flexibility index (Phi) is 4.76. The first-order valence-electron chi connectivity index (χ1n) is 4.83. The lowest BCUT2D eigenvalue weighted by Gasteiger charge is -2.10. The zero-order valence-corrected chi connectivity index (χ0v) is 10.8. The first-order chi connectivity index (χ1) is 8.67. The number of urea groups is 1. The van der Waals surface area contributed by atoms with Crippen LogP contribution in [-0.2, 0) is 0 Å². The standard InChI is InChI=1S/C10H8BrF3N2O3/c11-6-1-5(8(17)18)2-7(3-6)16-9(19)15-4-10(12,13)14/h1-3H,4H2,(H,17,18)(H2,15,16,19). The molecule has 0 aliphatic carbocycles. The van der Waals surface area contributed by atoms with E-state index >= 15 is 0 Å². The van der Waals surface area contributed by atoms with Crippen molar-refractivity contribution in [3.05, 3.63) is 28.2 Å². The van der Waals surface area contributed by atoms with Gasteiger partial charge in [-0.15, -0.1) is 0 Å². The van der Waals surface area contributed by atoms with Crippen LogP contribution in [0.15, 0.2) is 22.7 Å². The van der Waals surface area contributed by atoms with Gasteiger partial charge in [0.25, 0.3) is 0 Å². The van der Waals surface area contributed by atoms with Crippen LogP contribution in [-0.4, -0.2) is 29.8 Å². The van der Waals surface area contributed by atoms with Gasteiger partial charge < -0.3 is 15.7 Å². The minimum Gasteiger partial charge on any atom is -0.478 e. The van der Waals surface area contributed by atoms with E-state index in [-0.39, 0.29) is 11.3 Å². The molecule has 0 spiro atoms. The molecule has 9 heteroatoms. The van der Waals surface area contributed by atoms with E-state index < -0.39 is 24.7 Å². The zero-order valence-electron chi connectivity index (χ0n) is 9.21. The number of carbonyl (C=O) groups excluding carboxylic acids is 1. The van der Waals surface area contributed by atoms with Crippen LogP contribution in [0.4, 0.5) is 23.7 Å². The maximum Gasteiger partial charge on any atom is 0.405 e. The first-order valence-corrected chi connectivity index (χ1v) is 5.62. The molecule has 0 unspecified atom stereocenters. The lowest BCUT2D eigenvalue weighted by atomic mass is 10.2. The van der Waals surface area contributed by atoms with Crippen LogP contribution in [0, 0.1) is 0 Å². The molecule has 0 fully saturated rings. The van der Waals surface area contributed by atoms with E-state index in [1.54, 1.807) is 5.32 Å². The lowest BCUT2D eigenvalue weighted by molar-refractivity contribution is -0.122. The monoisotopic (exact) mass is 340 g/mol.